The predicted molar refractivity (Wildman–Crippen MR) is 109 cm³/mol. The van der Waals surface area contributed by atoms with Crippen LogP contribution in [0.25, 0.3) is 0 Å². The summed E-state index contributed by atoms with van der Waals surface area (Å²) < 4.78 is 5.24. The Morgan fingerprint density at radius 3 is 2.87 bits per heavy atom. The summed E-state index contributed by atoms with van der Waals surface area (Å²) in [7, 11) is 0. The molecule has 30 heavy (non-hydrogen) atoms. The Labute approximate surface area is 173 Å². The number of hydrogen-bond donors (Lipinski definition) is 1. The Morgan fingerprint density at radius 2 is 2.17 bits per heavy atom. The van der Waals surface area contributed by atoms with Crippen molar-refractivity contribution in [1.29, 1.82) is 0 Å². The van der Waals surface area contributed by atoms with Crippen LogP contribution >= 0.6 is 0 Å². The number of amides is 2. The molecule has 0 saturated carbocycles. The van der Waals surface area contributed by atoms with Gasteiger partial charge in [0.05, 0.1) is 23.1 Å². The summed E-state index contributed by atoms with van der Waals surface area (Å²) in [5.74, 6) is -0.552. The Kier molecular flexibility index (Phi) is 5.26. The van der Waals surface area contributed by atoms with Gasteiger partial charge in [0, 0.05) is 44.0 Å². The number of carbonyl (C=O) groups excluding carboxylic acids is 2. The number of non-ortho nitro benzene ring substituents is 1. The van der Waals surface area contributed by atoms with E-state index in [9.17, 15) is 19.7 Å². The molecular formula is C21H22N4O5. The summed E-state index contributed by atoms with van der Waals surface area (Å²) in [4.78, 5) is 40.2. The molecule has 9 nitrogen and oxygen atoms in total. The molecule has 3 heterocycles. The second-order valence-electron chi connectivity index (χ2n) is 7.40. The van der Waals surface area contributed by atoms with Crippen LogP contribution in [0.1, 0.15) is 16.1 Å². The molecule has 1 N–H and O–H groups in total. The first-order valence-corrected chi connectivity index (χ1v) is 9.75. The summed E-state index contributed by atoms with van der Waals surface area (Å²) >= 11 is 0. The van der Waals surface area contributed by atoms with Crippen molar-refractivity contribution in [3.8, 4) is 0 Å². The highest BCUT2D eigenvalue weighted by Gasteiger charge is 2.43. The highest BCUT2D eigenvalue weighted by Crippen LogP contribution is 2.38. The van der Waals surface area contributed by atoms with E-state index in [4.69, 9.17) is 4.42 Å². The first-order chi connectivity index (χ1) is 14.5. The monoisotopic (exact) mass is 410 g/mol. The maximum Gasteiger partial charge on any atom is 0.289 e. The van der Waals surface area contributed by atoms with Gasteiger partial charge in [0.15, 0.2) is 5.76 Å². The van der Waals surface area contributed by atoms with Gasteiger partial charge in [-0.2, -0.15) is 0 Å². The highest BCUT2D eigenvalue weighted by atomic mass is 16.6. The maximum atomic E-state index is 12.9. The number of anilines is 1. The number of nitro benzene ring substituents is 1. The van der Waals surface area contributed by atoms with E-state index >= 15 is 0 Å². The quantitative estimate of drug-likeness (QED) is 0.459. The third kappa shape index (κ3) is 3.54. The van der Waals surface area contributed by atoms with E-state index in [0.29, 0.717) is 32.6 Å². The van der Waals surface area contributed by atoms with Crippen molar-refractivity contribution in [3.05, 3.63) is 70.7 Å². The first-order valence-electron chi connectivity index (χ1n) is 9.75. The van der Waals surface area contributed by atoms with Crippen LogP contribution in [0.5, 0.6) is 0 Å². The number of nitro groups is 1. The van der Waals surface area contributed by atoms with E-state index in [1.165, 1.54) is 12.3 Å². The summed E-state index contributed by atoms with van der Waals surface area (Å²) in [6.07, 6.45) is 3.42. The number of nitrogens with one attached hydrogen (secondary N) is 1. The van der Waals surface area contributed by atoms with Gasteiger partial charge in [-0.05, 0) is 30.2 Å². The topological polar surface area (TPSA) is 109 Å². The number of rotatable bonds is 5. The molecule has 0 bridgehead atoms. The third-order valence-corrected chi connectivity index (χ3v) is 5.68. The molecule has 1 fully saturated rings. The molecule has 156 valence electrons. The molecule has 1 aromatic carbocycles. The minimum Gasteiger partial charge on any atom is -0.459 e. The summed E-state index contributed by atoms with van der Waals surface area (Å²) in [5, 5.41) is 14.0. The molecule has 2 atom stereocenters. The van der Waals surface area contributed by atoms with Crippen molar-refractivity contribution in [2.24, 2.45) is 5.92 Å². The predicted octanol–water partition coefficient (Wildman–Crippen LogP) is 1.99. The fourth-order valence-electron chi connectivity index (χ4n) is 4.27. The van der Waals surface area contributed by atoms with E-state index < -0.39 is 10.8 Å². The first kappa shape index (κ1) is 19.7. The molecule has 2 amide bonds. The van der Waals surface area contributed by atoms with Crippen LogP contribution in [0.3, 0.4) is 0 Å². The molecule has 2 aromatic rings. The number of carbonyl (C=O) groups is 2. The number of hydrogen-bond acceptors (Lipinski definition) is 6. The zero-order valence-electron chi connectivity index (χ0n) is 16.3. The molecule has 0 spiro atoms. The fourth-order valence-corrected chi connectivity index (χ4v) is 4.27. The average Bonchev–Trinajstić information content (AvgIpc) is 3.30. The number of piperazine rings is 1. The van der Waals surface area contributed by atoms with Crippen LogP contribution < -0.4 is 10.2 Å². The van der Waals surface area contributed by atoms with E-state index in [0.717, 1.165) is 11.3 Å². The lowest BCUT2D eigenvalue weighted by atomic mass is 9.83. The molecule has 1 saturated heterocycles. The SMILES string of the molecule is C=CCNC(=O)C1Cc2cc([N+](=O)[O-])ccc2N2CCN(C(=O)c3ccco3)CC12. The van der Waals surface area contributed by atoms with E-state index in [-0.39, 0.29) is 29.3 Å². The zero-order chi connectivity index (χ0) is 21.3. The van der Waals surface area contributed by atoms with Gasteiger partial charge in [-0.25, -0.2) is 0 Å². The summed E-state index contributed by atoms with van der Waals surface area (Å²) in [6.45, 7) is 5.31. The van der Waals surface area contributed by atoms with Gasteiger partial charge in [0.2, 0.25) is 5.91 Å². The molecule has 2 aliphatic heterocycles. The van der Waals surface area contributed by atoms with Crippen molar-refractivity contribution in [2.45, 2.75) is 12.5 Å². The van der Waals surface area contributed by atoms with Crippen LogP contribution in [0.2, 0.25) is 0 Å². The van der Waals surface area contributed by atoms with Crippen LogP contribution in [0.15, 0.2) is 53.7 Å². The van der Waals surface area contributed by atoms with Crippen molar-refractivity contribution < 1.29 is 18.9 Å². The average molecular weight is 410 g/mol. The lowest BCUT2D eigenvalue weighted by Gasteiger charge is -2.48. The second kappa shape index (κ2) is 8.02. The molecular weight excluding hydrogens is 388 g/mol. The van der Waals surface area contributed by atoms with E-state index in [1.807, 2.05) is 0 Å². The van der Waals surface area contributed by atoms with Crippen LogP contribution in [0.4, 0.5) is 11.4 Å². The molecule has 0 aliphatic carbocycles. The van der Waals surface area contributed by atoms with Crippen molar-refractivity contribution in [1.82, 2.24) is 10.2 Å². The molecule has 1 aromatic heterocycles. The number of furan rings is 1. The lowest BCUT2D eigenvalue weighted by Crippen LogP contribution is -2.62. The van der Waals surface area contributed by atoms with E-state index in [1.54, 1.807) is 35.2 Å². The molecule has 9 heteroatoms. The number of nitrogens with zero attached hydrogens (tertiary/aromatic N) is 3. The minimum atomic E-state index is -0.452. The standard InChI is InChI=1S/C21H22N4O5/c1-2-7-22-20(26)16-12-14-11-15(25(28)29)5-6-17(14)24-9-8-23(13-18(16)24)21(27)19-4-3-10-30-19/h2-6,10-11,16,18H,1,7-9,12-13H2,(H,22,26). The highest BCUT2D eigenvalue weighted by molar-refractivity contribution is 5.92. The van der Waals surface area contributed by atoms with Gasteiger partial charge in [-0.3, -0.25) is 19.7 Å². The Balaban J connectivity index is 1.65. The molecule has 2 unspecified atom stereocenters. The van der Waals surface area contributed by atoms with Crippen molar-refractivity contribution in [2.75, 3.05) is 31.1 Å². The van der Waals surface area contributed by atoms with Gasteiger partial charge in [-0.1, -0.05) is 6.08 Å². The maximum absolute atomic E-state index is 12.9. The van der Waals surface area contributed by atoms with Crippen molar-refractivity contribution in [3.63, 3.8) is 0 Å². The van der Waals surface area contributed by atoms with Crippen molar-refractivity contribution >= 4 is 23.2 Å². The van der Waals surface area contributed by atoms with Gasteiger partial charge < -0.3 is 19.5 Å². The Bertz CT molecular complexity index is 987. The Morgan fingerprint density at radius 1 is 1.33 bits per heavy atom. The zero-order valence-corrected chi connectivity index (χ0v) is 16.3. The lowest BCUT2D eigenvalue weighted by molar-refractivity contribution is -0.384. The fraction of sp³-hybridized carbons (Fsp3) is 0.333. The molecule has 4 rings (SSSR count). The summed E-state index contributed by atoms with van der Waals surface area (Å²) in [5.41, 5.74) is 1.65. The van der Waals surface area contributed by atoms with Crippen LogP contribution in [-0.4, -0.2) is 53.9 Å². The van der Waals surface area contributed by atoms with Gasteiger partial charge in [0.25, 0.3) is 11.6 Å². The minimum absolute atomic E-state index is 0.00378. The van der Waals surface area contributed by atoms with E-state index in [2.05, 4.69) is 16.8 Å². The van der Waals surface area contributed by atoms with Gasteiger partial charge in [0.1, 0.15) is 0 Å². The number of fused-ring (bicyclic) bond motifs is 3. The van der Waals surface area contributed by atoms with Gasteiger partial charge >= 0.3 is 0 Å². The second-order valence-corrected chi connectivity index (χ2v) is 7.40. The normalized spacial score (nSPS) is 20.1. The smallest absolute Gasteiger partial charge is 0.289 e. The summed E-state index contributed by atoms with van der Waals surface area (Å²) in [6, 6.07) is 7.81. The third-order valence-electron chi connectivity index (χ3n) is 5.68. The largest absolute Gasteiger partial charge is 0.459 e. The molecule has 0 radical (unpaired) electrons. The molecule has 2 aliphatic rings. The number of benzene rings is 1. The van der Waals surface area contributed by atoms with Crippen LogP contribution in [0, 0.1) is 16.0 Å². The Hall–Kier alpha value is -3.62. The van der Waals surface area contributed by atoms with Gasteiger partial charge in [-0.15, -0.1) is 6.58 Å². The van der Waals surface area contributed by atoms with Crippen LogP contribution in [-0.2, 0) is 11.2 Å².